The van der Waals surface area contributed by atoms with Crippen LogP contribution in [0.1, 0.15) is 57.8 Å². The van der Waals surface area contributed by atoms with Gasteiger partial charge in [-0.05, 0) is 38.1 Å². The van der Waals surface area contributed by atoms with E-state index in [1.54, 1.807) is 0 Å². The second-order valence-corrected chi connectivity index (χ2v) is 5.30. The summed E-state index contributed by atoms with van der Waals surface area (Å²) in [4.78, 5) is 0. The van der Waals surface area contributed by atoms with Crippen molar-refractivity contribution in [2.24, 2.45) is 5.92 Å². The molecule has 1 saturated heterocycles. The third kappa shape index (κ3) is 3.18. The molecule has 88 valence electrons. The summed E-state index contributed by atoms with van der Waals surface area (Å²) in [6.07, 6.45) is 11.6. The van der Waals surface area contributed by atoms with Crippen molar-refractivity contribution in [1.82, 2.24) is 5.32 Å². The molecule has 2 aliphatic rings. The maximum absolute atomic E-state index is 10.4. The van der Waals surface area contributed by atoms with E-state index in [9.17, 15) is 5.11 Å². The lowest BCUT2D eigenvalue weighted by Crippen LogP contribution is -2.46. The lowest BCUT2D eigenvalue weighted by atomic mass is 9.86. The molecule has 2 fully saturated rings. The Morgan fingerprint density at radius 1 is 0.867 bits per heavy atom. The molecule has 1 heterocycles. The molecule has 0 spiro atoms. The Morgan fingerprint density at radius 2 is 1.53 bits per heavy atom. The molecule has 2 nitrogen and oxygen atoms in total. The number of aliphatic hydroxyl groups excluding tert-OH is 1. The topological polar surface area (TPSA) is 32.3 Å². The Kier molecular flexibility index (Phi) is 4.45. The van der Waals surface area contributed by atoms with Crippen LogP contribution in [0.15, 0.2) is 0 Å². The standard InChI is InChI=1S/C13H25NO/c15-13(12-9-5-6-10-14-12)11-7-3-1-2-4-8-11/h11-15H,1-10H2. The zero-order chi connectivity index (χ0) is 10.5. The van der Waals surface area contributed by atoms with Crippen LogP contribution in [0.2, 0.25) is 0 Å². The average Bonchev–Trinajstić information content (AvgIpc) is 2.58. The van der Waals surface area contributed by atoms with Crippen LogP contribution < -0.4 is 5.32 Å². The highest BCUT2D eigenvalue weighted by Crippen LogP contribution is 2.28. The SMILES string of the molecule is OC(C1CCCCCC1)C1CCCCN1. The largest absolute Gasteiger partial charge is 0.391 e. The third-order valence-electron chi connectivity index (χ3n) is 4.14. The van der Waals surface area contributed by atoms with E-state index in [1.807, 2.05) is 0 Å². The molecule has 0 radical (unpaired) electrons. The lowest BCUT2D eigenvalue weighted by molar-refractivity contribution is 0.0512. The van der Waals surface area contributed by atoms with Crippen molar-refractivity contribution in [3.63, 3.8) is 0 Å². The normalized spacial score (nSPS) is 32.2. The molecule has 2 atom stereocenters. The molecule has 0 aromatic carbocycles. The number of piperidine rings is 1. The second-order valence-electron chi connectivity index (χ2n) is 5.30. The predicted octanol–water partition coefficient (Wildman–Crippen LogP) is 2.46. The summed E-state index contributed by atoms with van der Waals surface area (Å²) in [6.45, 7) is 1.11. The van der Waals surface area contributed by atoms with E-state index in [-0.39, 0.29) is 6.10 Å². The number of nitrogens with one attached hydrogen (secondary N) is 1. The van der Waals surface area contributed by atoms with E-state index < -0.39 is 0 Å². The van der Waals surface area contributed by atoms with Gasteiger partial charge in [0.1, 0.15) is 0 Å². The maximum atomic E-state index is 10.4. The summed E-state index contributed by atoms with van der Waals surface area (Å²) >= 11 is 0. The van der Waals surface area contributed by atoms with Gasteiger partial charge in [-0.3, -0.25) is 0 Å². The minimum absolute atomic E-state index is 0.0802. The lowest BCUT2D eigenvalue weighted by Gasteiger charge is -2.32. The summed E-state index contributed by atoms with van der Waals surface area (Å²) in [6, 6.07) is 0.391. The summed E-state index contributed by atoms with van der Waals surface area (Å²) in [5.74, 6) is 0.572. The first-order valence-electron chi connectivity index (χ1n) is 6.79. The molecular weight excluding hydrogens is 186 g/mol. The van der Waals surface area contributed by atoms with E-state index in [0.29, 0.717) is 12.0 Å². The smallest absolute Gasteiger partial charge is 0.0721 e. The average molecular weight is 211 g/mol. The van der Waals surface area contributed by atoms with Gasteiger partial charge in [-0.25, -0.2) is 0 Å². The molecule has 1 aliphatic carbocycles. The molecule has 2 heteroatoms. The Labute approximate surface area is 93.5 Å². The van der Waals surface area contributed by atoms with Crippen molar-refractivity contribution in [3.05, 3.63) is 0 Å². The number of hydrogen-bond donors (Lipinski definition) is 2. The number of aliphatic hydroxyl groups is 1. The molecule has 15 heavy (non-hydrogen) atoms. The molecule has 2 rings (SSSR count). The summed E-state index contributed by atoms with van der Waals surface area (Å²) in [7, 11) is 0. The summed E-state index contributed by atoms with van der Waals surface area (Å²) in [5, 5.41) is 13.8. The van der Waals surface area contributed by atoms with Crippen LogP contribution >= 0.6 is 0 Å². The minimum atomic E-state index is -0.0802. The molecular formula is C13H25NO. The zero-order valence-corrected chi connectivity index (χ0v) is 9.75. The van der Waals surface area contributed by atoms with Gasteiger partial charge in [0.2, 0.25) is 0 Å². The van der Waals surface area contributed by atoms with Gasteiger partial charge < -0.3 is 10.4 Å². The second kappa shape index (κ2) is 5.86. The van der Waals surface area contributed by atoms with Crippen molar-refractivity contribution in [1.29, 1.82) is 0 Å². The zero-order valence-electron chi connectivity index (χ0n) is 9.75. The van der Waals surface area contributed by atoms with E-state index >= 15 is 0 Å². The van der Waals surface area contributed by atoms with Gasteiger partial charge in [0.15, 0.2) is 0 Å². The number of hydrogen-bond acceptors (Lipinski definition) is 2. The molecule has 2 unspecified atom stereocenters. The maximum Gasteiger partial charge on any atom is 0.0721 e. The van der Waals surface area contributed by atoms with Gasteiger partial charge in [-0.15, -0.1) is 0 Å². The highest BCUT2D eigenvalue weighted by molar-refractivity contribution is 4.84. The first-order valence-corrected chi connectivity index (χ1v) is 6.79. The highest BCUT2D eigenvalue weighted by Gasteiger charge is 2.28. The Hall–Kier alpha value is -0.0800. The van der Waals surface area contributed by atoms with Gasteiger partial charge in [-0.1, -0.05) is 32.1 Å². The molecule has 1 saturated carbocycles. The molecule has 2 N–H and O–H groups in total. The van der Waals surface area contributed by atoms with Crippen molar-refractivity contribution in [2.45, 2.75) is 69.9 Å². The molecule has 0 aromatic rings. The summed E-state index contributed by atoms with van der Waals surface area (Å²) < 4.78 is 0. The third-order valence-corrected chi connectivity index (χ3v) is 4.14. The van der Waals surface area contributed by atoms with Gasteiger partial charge in [-0.2, -0.15) is 0 Å². The van der Waals surface area contributed by atoms with Crippen LogP contribution in [0.4, 0.5) is 0 Å². The van der Waals surface area contributed by atoms with Crippen LogP contribution in [-0.4, -0.2) is 23.8 Å². The van der Waals surface area contributed by atoms with Crippen LogP contribution in [0, 0.1) is 5.92 Å². The fourth-order valence-corrected chi connectivity index (χ4v) is 3.15. The monoisotopic (exact) mass is 211 g/mol. The Bertz CT molecular complexity index is 169. The first kappa shape index (κ1) is 11.4. The van der Waals surface area contributed by atoms with Gasteiger partial charge in [0.25, 0.3) is 0 Å². The van der Waals surface area contributed by atoms with Crippen LogP contribution in [-0.2, 0) is 0 Å². The highest BCUT2D eigenvalue weighted by atomic mass is 16.3. The molecule has 0 amide bonds. The van der Waals surface area contributed by atoms with E-state index in [1.165, 1.54) is 57.8 Å². The van der Waals surface area contributed by atoms with Crippen LogP contribution in [0.25, 0.3) is 0 Å². The molecule has 0 bridgehead atoms. The van der Waals surface area contributed by atoms with Gasteiger partial charge in [0, 0.05) is 6.04 Å². The van der Waals surface area contributed by atoms with Crippen molar-refractivity contribution < 1.29 is 5.11 Å². The Morgan fingerprint density at radius 3 is 2.13 bits per heavy atom. The Balaban J connectivity index is 1.83. The van der Waals surface area contributed by atoms with Crippen LogP contribution in [0.3, 0.4) is 0 Å². The fourth-order valence-electron chi connectivity index (χ4n) is 3.15. The molecule has 1 aliphatic heterocycles. The minimum Gasteiger partial charge on any atom is -0.391 e. The van der Waals surface area contributed by atoms with E-state index in [4.69, 9.17) is 0 Å². The van der Waals surface area contributed by atoms with E-state index in [0.717, 1.165) is 6.54 Å². The van der Waals surface area contributed by atoms with Gasteiger partial charge >= 0.3 is 0 Å². The van der Waals surface area contributed by atoms with Crippen LogP contribution in [0.5, 0.6) is 0 Å². The number of rotatable bonds is 2. The van der Waals surface area contributed by atoms with E-state index in [2.05, 4.69) is 5.32 Å². The molecule has 0 aromatic heterocycles. The van der Waals surface area contributed by atoms with Crippen molar-refractivity contribution in [2.75, 3.05) is 6.54 Å². The first-order chi connectivity index (χ1) is 7.38. The van der Waals surface area contributed by atoms with Crippen molar-refractivity contribution >= 4 is 0 Å². The quantitative estimate of drug-likeness (QED) is 0.688. The predicted molar refractivity (Wildman–Crippen MR) is 62.8 cm³/mol. The van der Waals surface area contributed by atoms with Crippen molar-refractivity contribution in [3.8, 4) is 0 Å². The summed E-state index contributed by atoms with van der Waals surface area (Å²) in [5.41, 5.74) is 0. The fraction of sp³-hybridized carbons (Fsp3) is 1.00. The van der Waals surface area contributed by atoms with Gasteiger partial charge in [0.05, 0.1) is 6.10 Å².